The van der Waals surface area contributed by atoms with Gasteiger partial charge in [0.2, 0.25) is 0 Å². The summed E-state index contributed by atoms with van der Waals surface area (Å²) >= 11 is 0. The molecule has 0 saturated carbocycles. The van der Waals surface area contributed by atoms with E-state index in [4.69, 9.17) is 16.4 Å². The van der Waals surface area contributed by atoms with Crippen LogP contribution in [-0.4, -0.2) is 29.5 Å². The molecule has 0 saturated heterocycles. The number of rotatable bonds is 5. The van der Waals surface area contributed by atoms with Gasteiger partial charge in [0.25, 0.3) is 0 Å². The van der Waals surface area contributed by atoms with E-state index < -0.39 is 0 Å². The molecule has 0 N–H and O–H groups in total. The lowest BCUT2D eigenvalue weighted by Gasteiger charge is -2.23. The lowest BCUT2D eigenvalue weighted by atomic mass is 9.95. The van der Waals surface area contributed by atoms with E-state index >= 15 is 0 Å². The van der Waals surface area contributed by atoms with Gasteiger partial charge in [-0.15, -0.1) is 6.42 Å². The Morgan fingerprint density at radius 3 is 1.87 bits per heavy atom. The molecule has 2 heterocycles. The van der Waals surface area contributed by atoms with Crippen LogP contribution in [0.25, 0.3) is 54.4 Å². The van der Waals surface area contributed by atoms with Gasteiger partial charge in [0.05, 0.1) is 17.5 Å². The summed E-state index contributed by atoms with van der Waals surface area (Å²) in [6, 6.07) is 48.1. The average Bonchev–Trinajstić information content (AvgIpc) is 3.53. The van der Waals surface area contributed by atoms with Crippen LogP contribution in [-0.2, 0) is 0 Å². The van der Waals surface area contributed by atoms with E-state index in [9.17, 15) is 0 Å². The number of likely N-dealkylation sites (N-methyl/N-ethyl adjacent to an activating group) is 1. The molecule has 0 bridgehead atoms. The van der Waals surface area contributed by atoms with Crippen LogP contribution in [0.5, 0.6) is 0 Å². The molecule has 1 unspecified atom stereocenters. The highest BCUT2D eigenvalue weighted by atomic mass is 15.1. The van der Waals surface area contributed by atoms with Gasteiger partial charge in [0.15, 0.2) is 5.84 Å². The summed E-state index contributed by atoms with van der Waals surface area (Å²) in [4.78, 5) is 13.2. The van der Waals surface area contributed by atoms with Crippen LogP contribution in [0, 0.1) is 12.3 Å². The number of terminal acetylenes is 1. The summed E-state index contributed by atoms with van der Waals surface area (Å²) in [7, 11) is 2.12. The molecule has 3 nitrogen and oxygen atoms in total. The van der Waals surface area contributed by atoms with Crippen LogP contribution < -0.4 is 0 Å². The van der Waals surface area contributed by atoms with Gasteiger partial charge in [0.1, 0.15) is 0 Å². The average molecular weight is 694 g/mol. The summed E-state index contributed by atoms with van der Waals surface area (Å²) in [5.74, 6) is 3.36. The van der Waals surface area contributed by atoms with Gasteiger partial charge in [-0.1, -0.05) is 151 Å². The fourth-order valence-electron chi connectivity index (χ4n) is 8.06. The van der Waals surface area contributed by atoms with Crippen molar-refractivity contribution in [2.75, 3.05) is 7.05 Å². The van der Waals surface area contributed by atoms with Crippen molar-refractivity contribution >= 4 is 65.9 Å². The zero-order chi connectivity index (χ0) is 36.6. The summed E-state index contributed by atoms with van der Waals surface area (Å²) in [5, 5.41) is 9.58. The molecule has 0 aromatic heterocycles. The number of fused-ring (bicyclic) bond motifs is 6. The SMILES string of the molecule is C#C/C=C\C1CC(C)=CC(c2ccc(C3=NC(c4cc5ccccc5c5ccccc45)=NC(c4cc5ccccc5c5ccccc45)=CC3)cc2)=CN1C. The second-order valence-electron chi connectivity index (χ2n) is 14.3. The minimum Gasteiger partial charge on any atom is -0.373 e. The molecule has 0 spiro atoms. The quantitative estimate of drug-likeness (QED) is 0.130. The number of hydrogen-bond donors (Lipinski definition) is 0. The largest absolute Gasteiger partial charge is 0.373 e. The Morgan fingerprint density at radius 1 is 0.667 bits per heavy atom. The molecule has 258 valence electrons. The normalized spacial score (nSPS) is 16.4. The maximum Gasteiger partial charge on any atom is 0.160 e. The number of aliphatic imine (C=N–C) groups is 2. The minimum absolute atomic E-state index is 0.221. The predicted molar refractivity (Wildman–Crippen MR) is 231 cm³/mol. The lowest BCUT2D eigenvalue weighted by Crippen LogP contribution is -2.24. The molecule has 0 aliphatic carbocycles. The van der Waals surface area contributed by atoms with Crippen molar-refractivity contribution in [3.05, 3.63) is 192 Å². The van der Waals surface area contributed by atoms with Crippen molar-refractivity contribution in [1.82, 2.24) is 4.90 Å². The van der Waals surface area contributed by atoms with Crippen molar-refractivity contribution in [2.24, 2.45) is 9.98 Å². The molecule has 1 atom stereocenters. The fourth-order valence-corrected chi connectivity index (χ4v) is 8.06. The fraction of sp³-hybridized carbons (Fsp3) is 0.0980. The third-order valence-corrected chi connectivity index (χ3v) is 10.8. The molecular formula is C51H39N3. The van der Waals surface area contributed by atoms with Gasteiger partial charge >= 0.3 is 0 Å². The van der Waals surface area contributed by atoms with E-state index in [1.165, 1.54) is 48.8 Å². The molecule has 3 heteroatoms. The van der Waals surface area contributed by atoms with Gasteiger partial charge < -0.3 is 4.90 Å². The molecule has 2 aliphatic rings. The second kappa shape index (κ2) is 14.0. The number of benzene rings is 7. The number of allylic oxidation sites excluding steroid dienone is 4. The molecular weight excluding hydrogens is 655 g/mol. The molecule has 7 aromatic carbocycles. The van der Waals surface area contributed by atoms with Gasteiger partial charge in [-0.25, -0.2) is 9.98 Å². The Kier molecular flexibility index (Phi) is 8.58. The number of hydrogen-bond acceptors (Lipinski definition) is 3. The second-order valence-corrected chi connectivity index (χ2v) is 14.3. The molecule has 0 amide bonds. The van der Waals surface area contributed by atoms with Crippen LogP contribution >= 0.6 is 0 Å². The van der Waals surface area contributed by atoms with E-state index in [1.807, 2.05) is 0 Å². The molecule has 9 rings (SSSR count). The first-order valence-electron chi connectivity index (χ1n) is 18.6. The van der Waals surface area contributed by atoms with Crippen molar-refractivity contribution in [3.63, 3.8) is 0 Å². The first-order chi connectivity index (χ1) is 26.5. The van der Waals surface area contributed by atoms with Crippen LogP contribution in [0.15, 0.2) is 180 Å². The molecule has 54 heavy (non-hydrogen) atoms. The van der Waals surface area contributed by atoms with Crippen molar-refractivity contribution < 1.29 is 0 Å². The zero-order valence-electron chi connectivity index (χ0n) is 30.5. The highest BCUT2D eigenvalue weighted by Crippen LogP contribution is 2.36. The van der Waals surface area contributed by atoms with E-state index in [1.54, 1.807) is 6.08 Å². The third kappa shape index (κ3) is 6.12. The minimum atomic E-state index is 0.221. The van der Waals surface area contributed by atoms with Gasteiger partial charge in [0, 0.05) is 30.8 Å². The summed E-state index contributed by atoms with van der Waals surface area (Å²) in [6.07, 6.45) is 17.8. The van der Waals surface area contributed by atoms with Gasteiger partial charge in [-0.3, -0.25) is 0 Å². The number of amidine groups is 1. The van der Waals surface area contributed by atoms with Crippen molar-refractivity contribution in [3.8, 4) is 12.3 Å². The van der Waals surface area contributed by atoms with Crippen LogP contribution in [0.4, 0.5) is 0 Å². The first kappa shape index (κ1) is 33.1. The van der Waals surface area contributed by atoms with Gasteiger partial charge in [-0.2, -0.15) is 0 Å². The predicted octanol–water partition coefficient (Wildman–Crippen LogP) is 12.2. The van der Waals surface area contributed by atoms with Crippen molar-refractivity contribution in [1.29, 1.82) is 0 Å². The summed E-state index contributed by atoms with van der Waals surface area (Å²) in [5.41, 5.74) is 8.78. The highest BCUT2D eigenvalue weighted by Gasteiger charge is 2.20. The maximum absolute atomic E-state index is 5.53. The highest BCUT2D eigenvalue weighted by molar-refractivity contribution is 6.24. The van der Waals surface area contributed by atoms with E-state index in [0.29, 0.717) is 6.42 Å². The molecule has 0 fully saturated rings. The Morgan fingerprint density at radius 2 is 1.22 bits per heavy atom. The summed E-state index contributed by atoms with van der Waals surface area (Å²) in [6.45, 7) is 2.19. The van der Waals surface area contributed by atoms with Crippen LogP contribution in [0.2, 0.25) is 0 Å². The van der Waals surface area contributed by atoms with Crippen molar-refractivity contribution in [2.45, 2.75) is 25.8 Å². The summed E-state index contributed by atoms with van der Waals surface area (Å²) < 4.78 is 0. The Bertz CT molecular complexity index is 2850. The molecule has 2 aliphatic heterocycles. The lowest BCUT2D eigenvalue weighted by molar-refractivity contribution is 0.385. The van der Waals surface area contributed by atoms with E-state index in [-0.39, 0.29) is 6.04 Å². The Labute approximate surface area is 316 Å². The Hall–Kier alpha value is -6.76. The third-order valence-electron chi connectivity index (χ3n) is 10.8. The smallest absolute Gasteiger partial charge is 0.160 e. The van der Waals surface area contributed by atoms with Crippen LogP contribution in [0.1, 0.15) is 42.0 Å². The molecule has 7 aromatic rings. The number of nitrogens with zero attached hydrogens (tertiary/aromatic N) is 3. The Balaban J connectivity index is 1.20. The van der Waals surface area contributed by atoms with E-state index in [0.717, 1.165) is 51.3 Å². The standard InChI is InChI=1S/C51H39N3/c1-4-5-16-40-30-34(2)29-39(33-54(40)3)35-23-25-36(26-24-35)49-27-28-50(47-31-37-14-6-8-17-41(37)43-19-10-12-21-45(43)47)53-51(52-49)48-32-38-15-7-9-18-42(38)44-20-11-13-22-46(44)48/h1,5-26,28-29,31-33,40H,27,30H2,2-3H3/b16-5-. The molecule has 0 radical (unpaired) electrons. The van der Waals surface area contributed by atoms with Crippen LogP contribution in [0.3, 0.4) is 0 Å². The first-order valence-corrected chi connectivity index (χ1v) is 18.6. The maximum atomic E-state index is 5.53. The zero-order valence-corrected chi connectivity index (χ0v) is 30.5. The topological polar surface area (TPSA) is 28.0 Å². The van der Waals surface area contributed by atoms with E-state index in [2.05, 4.69) is 183 Å². The monoisotopic (exact) mass is 693 g/mol. The van der Waals surface area contributed by atoms with Gasteiger partial charge in [-0.05, 0) is 91.3 Å².